The molecule has 5 heteroatoms. The van der Waals surface area contributed by atoms with Crippen LogP contribution in [0.1, 0.15) is 29.0 Å². The quantitative estimate of drug-likeness (QED) is 0.834. The minimum atomic E-state index is -1.03. The van der Waals surface area contributed by atoms with Gasteiger partial charge in [-0.05, 0) is 35.6 Å². The van der Waals surface area contributed by atoms with Gasteiger partial charge in [0.15, 0.2) is 11.6 Å². The highest BCUT2D eigenvalue weighted by Crippen LogP contribution is 2.34. The van der Waals surface area contributed by atoms with Crippen molar-refractivity contribution in [1.82, 2.24) is 0 Å². The highest BCUT2D eigenvalue weighted by molar-refractivity contribution is 7.10. The lowest BCUT2D eigenvalue weighted by molar-refractivity contribution is 0.222. The van der Waals surface area contributed by atoms with Gasteiger partial charge in [-0.15, -0.1) is 11.3 Å². The molecule has 1 aromatic heterocycles. The van der Waals surface area contributed by atoms with Crippen LogP contribution in [-0.2, 0) is 6.42 Å². The molecule has 1 N–H and O–H groups in total. The van der Waals surface area contributed by atoms with E-state index in [1.54, 1.807) is 0 Å². The van der Waals surface area contributed by atoms with Gasteiger partial charge in [-0.25, -0.2) is 8.78 Å². The Bertz CT molecular complexity index is 568. The molecule has 2 aromatic rings. The van der Waals surface area contributed by atoms with Crippen LogP contribution in [0.15, 0.2) is 23.6 Å². The number of hydrogen-bond donors (Lipinski definition) is 1. The molecule has 0 bridgehead atoms. The van der Waals surface area contributed by atoms with Crippen LogP contribution in [0.4, 0.5) is 8.78 Å². The van der Waals surface area contributed by atoms with E-state index in [-0.39, 0.29) is 10.6 Å². The van der Waals surface area contributed by atoms with Crippen LogP contribution < -0.4 is 0 Å². The molecule has 1 heterocycles. The Morgan fingerprint density at radius 2 is 2.00 bits per heavy atom. The number of halogens is 3. The lowest BCUT2D eigenvalue weighted by Crippen LogP contribution is -2.02. The Morgan fingerprint density at radius 1 is 1.33 bits per heavy atom. The third-order valence-corrected chi connectivity index (χ3v) is 4.08. The van der Waals surface area contributed by atoms with E-state index in [9.17, 15) is 13.9 Å². The van der Waals surface area contributed by atoms with Gasteiger partial charge in [0, 0.05) is 15.5 Å². The monoisotopic (exact) mass is 288 g/mol. The van der Waals surface area contributed by atoms with Gasteiger partial charge in [0.2, 0.25) is 0 Å². The first-order chi connectivity index (χ1) is 8.54. The van der Waals surface area contributed by atoms with E-state index in [2.05, 4.69) is 0 Å². The third kappa shape index (κ3) is 2.41. The maximum atomic E-state index is 13.2. The SMILES string of the molecule is CCc1ccsc1C(O)c1cc(F)c(F)cc1Cl. The number of aryl methyl sites for hydroxylation is 1. The average Bonchev–Trinajstić information content (AvgIpc) is 2.81. The summed E-state index contributed by atoms with van der Waals surface area (Å²) in [6, 6.07) is 3.73. The Hall–Kier alpha value is -0.970. The van der Waals surface area contributed by atoms with E-state index < -0.39 is 17.7 Å². The average molecular weight is 289 g/mol. The smallest absolute Gasteiger partial charge is 0.160 e. The number of aliphatic hydroxyl groups excluding tert-OH is 1. The first-order valence-corrected chi connectivity index (χ1v) is 6.69. The summed E-state index contributed by atoms with van der Waals surface area (Å²) < 4.78 is 26.2. The van der Waals surface area contributed by atoms with Crippen molar-refractivity contribution in [3.8, 4) is 0 Å². The number of hydrogen-bond acceptors (Lipinski definition) is 2. The molecule has 0 aliphatic carbocycles. The van der Waals surface area contributed by atoms with Crippen LogP contribution in [0.5, 0.6) is 0 Å². The van der Waals surface area contributed by atoms with Crippen LogP contribution in [0.2, 0.25) is 5.02 Å². The van der Waals surface area contributed by atoms with E-state index in [0.717, 1.165) is 24.1 Å². The van der Waals surface area contributed by atoms with Crippen LogP contribution in [0.25, 0.3) is 0 Å². The molecule has 0 aliphatic rings. The first-order valence-electron chi connectivity index (χ1n) is 5.43. The van der Waals surface area contributed by atoms with Crippen molar-refractivity contribution in [2.75, 3.05) is 0 Å². The minimum Gasteiger partial charge on any atom is -0.383 e. The molecule has 0 saturated heterocycles. The Labute approximate surface area is 113 Å². The second-order valence-electron chi connectivity index (χ2n) is 3.85. The topological polar surface area (TPSA) is 20.2 Å². The van der Waals surface area contributed by atoms with Crippen molar-refractivity contribution in [1.29, 1.82) is 0 Å². The molecule has 0 saturated carbocycles. The maximum absolute atomic E-state index is 13.2. The summed E-state index contributed by atoms with van der Waals surface area (Å²) in [5, 5.41) is 12.1. The van der Waals surface area contributed by atoms with Gasteiger partial charge in [0.05, 0.1) is 0 Å². The van der Waals surface area contributed by atoms with Gasteiger partial charge >= 0.3 is 0 Å². The van der Waals surface area contributed by atoms with E-state index >= 15 is 0 Å². The van der Waals surface area contributed by atoms with Crippen molar-refractivity contribution in [2.45, 2.75) is 19.4 Å². The molecule has 18 heavy (non-hydrogen) atoms. The molecule has 96 valence electrons. The molecule has 1 unspecified atom stereocenters. The lowest BCUT2D eigenvalue weighted by Gasteiger charge is -2.13. The van der Waals surface area contributed by atoms with Crippen molar-refractivity contribution in [3.63, 3.8) is 0 Å². The number of benzene rings is 1. The molecular weight excluding hydrogens is 278 g/mol. The summed E-state index contributed by atoms with van der Waals surface area (Å²) in [5.41, 5.74) is 1.17. The molecule has 1 nitrogen and oxygen atoms in total. The van der Waals surface area contributed by atoms with Crippen molar-refractivity contribution >= 4 is 22.9 Å². The van der Waals surface area contributed by atoms with Gasteiger partial charge in [-0.3, -0.25) is 0 Å². The fourth-order valence-electron chi connectivity index (χ4n) is 1.77. The van der Waals surface area contributed by atoms with E-state index in [1.807, 2.05) is 18.4 Å². The summed E-state index contributed by atoms with van der Waals surface area (Å²) in [5.74, 6) is -2.03. The molecule has 2 rings (SSSR count). The fraction of sp³-hybridized carbons (Fsp3) is 0.231. The number of rotatable bonds is 3. The second-order valence-corrected chi connectivity index (χ2v) is 5.21. The van der Waals surface area contributed by atoms with Crippen molar-refractivity contribution < 1.29 is 13.9 Å². The summed E-state index contributed by atoms with van der Waals surface area (Å²) in [4.78, 5) is 0.713. The van der Waals surface area contributed by atoms with Gasteiger partial charge in [-0.1, -0.05) is 18.5 Å². The maximum Gasteiger partial charge on any atom is 0.160 e. The molecule has 0 amide bonds. The molecule has 0 aliphatic heterocycles. The molecule has 1 atom stereocenters. The van der Waals surface area contributed by atoms with E-state index in [4.69, 9.17) is 11.6 Å². The summed E-state index contributed by atoms with van der Waals surface area (Å²) >= 11 is 7.22. The van der Waals surface area contributed by atoms with Crippen molar-refractivity contribution in [2.24, 2.45) is 0 Å². The minimum absolute atomic E-state index is 0.0249. The van der Waals surface area contributed by atoms with Gasteiger partial charge < -0.3 is 5.11 Å². The summed E-state index contributed by atoms with van der Waals surface area (Å²) in [6.07, 6.45) is -0.264. The number of thiophene rings is 1. The third-order valence-electron chi connectivity index (χ3n) is 2.74. The predicted molar refractivity (Wildman–Crippen MR) is 69.1 cm³/mol. The normalized spacial score (nSPS) is 12.7. The van der Waals surface area contributed by atoms with Gasteiger partial charge in [0.25, 0.3) is 0 Å². The molecular formula is C13H11ClF2OS. The predicted octanol–water partition coefficient (Wildman–Crippen LogP) is 4.32. The Kier molecular flexibility index (Phi) is 4.00. The van der Waals surface area contributed by atoms with Crippen LogP contribution in [0.3, 0.4) is 0 Å². The highest BCUT2D eigenvalue weighted by atomic mass is 35.5. The molecule has 0 fully saturated rings. The molecule has 0 spiro atoms. The van der Waals surface area contributed by atoms with Gasteiger partial charge in [-0.2, -0.15) is 0 Å². The van der Waals surface area contributed by atoms with E-state index in [0.29, 0.717) is 4.88 Å². The standard InChI is InChI=1S/C13H11ClF2OS/c1-2-7-3-4-18-13(7)12(17)8-5-10(15)11(16)6-9(8)14/h3-6,12,17H,2H2,1H3. The Morgan fingerprint density at radius 3 is 2.67 bits per heavy atom. The Balaban J connectivity index is 2.46. The first kappa shape index (κ1) is 13.5. The zero-order valence-electron chi connectivity index (χ0n) is 9.58. The molecule has 0 radical (unpaired) electrons. The van der Waals surface area contributed by atoms with Crippen LogP contribution in [-0.4, -0.2) is 5.11 Å². The van der Waals surface area contributed by atoms with Gasteiger partial charge in [0.1, 0.15) is 6.10 Å². The lowest BCUT2D eigenvalue weighted by atomic mass is 10.0. The number of aliphatic hydroxyl groups is 1. The van der Waals surface area contributed by atoms with E-state index in [1.165, 1.54) is 11.3 Å². The summed E-state index contributed by atoms with van der Waals surface area (Å²) in [7, 11) is 0. The summed E-state index contributed by atoms with van der Waals surface area (Å²) in [6.45, 7) is 1.96. The fourth-order valence-corrected chi connectivity index (χ4v) is 3.02. The highest BCUT2D eigenvalue weighted by Gasteiger charge is 2.20. The molecule has 1 aromatic carbocycles. The zero-order valence-corrected chi connectivity index (χ0v) is 11.2. The van der Waals surface area contributed by atoms with Crippen LogP contribution in [0, 0.1) is 11.6 Å². The zero-order chi connectivity index (χ0) is 13.3. The van der Waals surface area contributed by atoms with Crippen molar-refractivity contribution in [3.05, 3.63) is 56.2 Å². The largest absolute Gasteiger partial charge is 0.383 e. The van der Waals surface area contributed by atoms with Crippen LogP contribution >= 0.6 is 22.9 Å². The second kappa shape index (κ2) is 5.34.